The minimum absolute atomic E-state index is 0.134. The fourth-order valence-electron chi connectivity index (χ4n) is 1.77. The lowest BCUT2D eigenvalue weighted by Crippen LogP contribution is -2.11. The van der Waals surface area contributed by atoms with Crippen LogP contribution in [0.2, 0.25) is 0 Å². The van der Waals surface area contributed by atoms with Crippen LogP contribution in [0.4, 0.5) is 0 Å². The topological polar surface area (TPSA) is 76.9 Å². The van der Waals surface area contributed by atoms with Crippen LogP contribution in [-0.2, 0) is 3.79 Å². The first kappa shape index (κ1) is 14.7. The quantitative estimate of drug-likeness (QED) is 0.652. The summed E-state index contributed by atoms with van der Waals surface area (Å²) in [6.45, 7) is 0. The second-order valence-corrected chi connectivity index (χ2v) is 6.18. The number of nitriles is 1. The molecular weight excluding hydrogens is 323 g/mol. The molecule has 2 rings (SSSR count). The van der Waals surface area contributed by atoms with Crippen molar-refractivity contribution in [2.45, 2.75) is 3.79 Å². The Morgan fingerprint density at radius 2 is 1.85 bits per heavy atom. The number of alkyl halides is 3. The van der Waals surface area contributed by atoms with Crippen molar-refractivity contribution < 1.29 is 9.90 Å². The highest BCUT2D eigenvalue weighted by atomic mass is 35.6. The van der Waals surface area contributed by atoms with E-state index in [-0.39, 0.29) is 16.8 Å². The van der Waals surface area contributed by atoms with Crippen LogP contribution < -0.4 is 0 Å². The van der Waals surface area contributed by atoms with E-state index < -0.39 is 15.5 Å². The molecule has 20 heavy (non-hydrogen) atoms. The molecule has 1 aromatic carbocycles. The number of benzene rings is 1. The van der Waals surface area contributed by atoms with E-state index in [1.807, 2.05) is 0 Å². The Bertz CT molecular complexity index is 697. The van der Waals surface area contributed by atoms with Gasteiger partial charge in [0.2, 0.25) is 9.67 Å². The molecule has 0 spiro atoms. The van der Waals surface area contributed by atoms with Crippen molar-refractivity contribution in [3.63, 3.8) is 0 Å². The molecule has 4 nitrogen and oxygen atoms in total. The molecule has 0 radical (unpaired) electrons. The van der Waals surface area contributed by atoms with Gasteiger partial charge >= 0.3 is 0 Å². The molecule has 1 heterocycles. The van der Waals surface area contributed by atoms with Crippen molar-refractivity contribution in [2.75, 3.05) is 0 Å². The van der Waals surface area contributed by atoms with Crippen LogP contribution >= 0.6 is 34.8 Å². The van der Waals surface area contributed by atoms with E-state index in [2.05, 4.69) is 4.98 Å². The first-order chi connectivity index (χ1) is 9.36. The van der Waals surface area contributed by atoms with Crippen LogP contribution in [-0.4, -0.2) is 15.9 Å². The predicted octanol–water partition coefficient (Wildman–Crippen LogP) is 3.65. The summed E-state index contributed by atoms with van der Waals surface area (Å²) in [5, 5.41) is 18.7. The summed E-state index contributed by atoms with van der Waals surface area (Å²) in [5.74, 6) is -1.02. The number of hydrogen-bond acceptors (Lipinski definition) is 3. The molecule has 0 aliphatic rings. The van der Waals surface area contributed by atoms with Crippen molar-refractivity contribution in [1.82, 2.24) is 4.98 Å². The van der Waals surface area contributed by atoms with E-state index in [4.69, 9.17) is 40.1 Å². The largest absolute Gasteiger partial charge is 0.494 e. The Hall–Kier alpha value is -1.67. The maximum Gasteiger partial charge on any atom is 0.231 e. The van der Waals surface area contributed by atoms with Crippen LogP contribution in [0.15, 0.2) is 30.3 Å². The summed E-state index contributed by atoms with van der Waals surface area (Å²) in [5.41, 5.74) is -0.208. The summed E-state index contributed by atoms with van der Waals surface area (Å²) in [4.78, 5) is 14.8. The lowest BCUT2D eigenvalue weighted by Gasteiger charge is -2.11. The number of H-pyrrole nitrogens is 1. The van der Waals surface area contributed by atoms with E-state index in [0.717, 1.165) is 0 Å². The normalized spacial score (nSPS) is 11.1. The number of aromatic nitrogens is 1. The Kier molecular flexibility index (Phi) is 3.96. The zero-order valence-electron chi connectivity index (χ0n) is 9.82. The highest BCUT2D eigenvalue weighted by molar-refractivity contribution is 6.66. The number of hydrogen-bond donors (Lipinski definition) is 2. The number of carbonyl (C=O) groups is 1. The van der Waals surface area contributed by atoms with Gasteiger partial charge in [-0.1, -0.05) is 65.1 Å². The van der Waals surface area contributed by atoms with Crippen molar-refractivity contribution in [3.05, 3.63) is 52.7 Å². The number of halogens is 3. The number of nitrogens with one attached hydrogen (secondary N) is 1. The summed E-state index contributed by atoms with van der Waals surface area (Å²) in [6.07, 6.45) is 0. The minimum atomic E-state index is -1.97. The number of aromatic amines is 1. The maximum atomic E-state index is 12.4. The van der Waals surface area contributed by atoms with Crippen LogP contribution in [0.5, 0.6) is 5.88 Å². The average Bonchev–Trinajstić information content (AvgIpc) is 2.75. The van der Waals surface area contributed by atoms with Crippen molar-refractivity contribution in [1.29, 1.82) is 5.26 Å². The molecule has 0 saturated carbocycles. The van der Waals surface area contributed by atoms with Gasteiger partial charge in [0.1, 0.15) is 11.6 Å². The first-order valence-corrected chi connectivity index (χ1v) is 6.51. The van der Waals surface area contributed by atoms with Gasteiger partial charge in [0.25, 0.3) is 0 Å². The molecule has 0 aliphatic heterocycles. The fraction of sp³-hybridized carbons (Fsp3) is 0.0769. The average molecular weight is 330 g/mol. The lowest BCUT2D eigenvalue weighted by molar-refractivity contribution is 0.103. The van der Waals surface area contributed by atoms with E-state index in [0.29, 0.717) is 5.56 Å². The molecule has 0 saturated heterocycles. The van der Waals surface area contributed by atoms with E-state index >= 15 is 0 Å². The highest BCUT2D eigenvalue weighted by Gasteiger charge is 2.35. The van der Waals surface area contributed by atoms with E-state index in [9.17, 15) is 9.90 Å². The minimum Gasteiger partial charge on any atom is -0.494 e. The number of aromatic hydroxyl groups is 1. The molecule has 0 unspecified atom stereocenters. The Labute approximate surface area is 129 Å². The zero-order chi connectivity index (χ0) is 14.9. The number of ketones is 1. The van der Waals surface area contributed by atoms with Crippen LogP contribution in [0.25, 0.3) is 0 Å². The molecule has 0 amide bonds. The van der Waals surface area contributed by atoms with Gasteiger partial charge in [0, 0.05) is 5.56 Å². The molecule has 1 aromatic heterocycles. The van der Waals surface area contributed by atoms with Gasteiger partial charge in [-0.05, 0) is 0 Å². The van der Waals surface area contributed by atoms with Crippen LogP contribution in [0.1, 0.15) is 27.2 Å². The van der Waals surface area contributed by atoms with Gasteiger partial charge in [-0.2, -0.15) is 5.26 Å². The van der Waals surface area contributed by atoms with Gasteiger partial charge in [-0.25, -0.2) is 0 Å². The van der Waals surface area contributed by atoms with Gasteiger partial charge in [-0.15, -0.1) is 0 Å². The Morgan fingerprint density at radius 1 is 1.25 bits per heavy atom. The third-order valence-electron chi connectivity index (χ3n) is 2.64. The number of rotatable bonds is 2. The standard InChI is InChI=1S/C13H7Cl3N2O2/c14-13(15,16)11-9(8(6-17)12(20)18-11)10(19)7-4-2-1-3-5-7/h1-5,18,20H. The van der Waals surface area contributed by atoms with Crippen molar-refractivity contribution in [3.8, 4) is 11.9 Å². The lowest BCUT2D eigenvalue weighted by atomic mass is 10.0. The highest BCUT2D eigenvalue weighted by Crippen LogP contribution is 2.42. The molecule has 0 bridgehead atoms. The summed E-state index contributed by atoms with van der Waals surface area (Å²) < 4.78 is -1.97. The third-order valence-corrected chi connectivity index (χ3v) is 3.21. The second kappa shape index (κ2) is 5.37. The Morgan fingerprint density at radius 3 is 2.35 bits per heavy atom. The zero-order valence-corrected chi connectivity index (χ0v) is 12.1. The second-order valence-electron chi connectivity index (χ2n) is 3.90. The van der Waals surface area contributed by atoms with Crippen LogP contribution in [0.3, 0.4) is 0 Å². The smallest absolute Gasteiger partial charge is 0.231 e. The molecular formula is C13H7Cl3N2O2. The molecule has 0 atom stereocenters. The van der Waals surface area contributed by atoms with Gasteiger partial charge < -0.3 is 10.1 Å². The first-order valence-electron chi connectivity index (χ1n) is 5.38. The predicted molar refractivity (Wildman–Crippen MR) is 76.3 cm³/mol. The monoisotopic (exact) mass is 328 g/mol. The van der Waals surface area contributed by atoms with Gasteiger partial charge in [-0.3, -0.25) is 4.79 Å². The van der Waals surface area contributed by atoms with Gasteiger partial charge in [0.05, 0.1) is 11.3 Å². The van der Waals surface area contributed by atoms with E-state index in [1.54, 1.807) is 36.4 Å². The van der Waals surface area contributed by atoms with Crippen molar-refractivity contribution in [2.24, 2.45) is 0 Å². The Balaban J connectivity index is 2.67. The number of carbonyl (C=O) groups excluding carboxylic acids is 1. The number of nitrogens with zero attached hydrogens (tertiary/aromatic N) is 1. The summed E-state index contributed by atoms with van der Waals surface area (Å²) in [6, 6.07) is 9.94. The molecule has 2 aromatic rings. The molecule has 7 heteroatoms. The molecule has 102 valence electrons. The molecule has 0 fully saturated rings. The molecule has 2 N–H and O–H groups in total. The van der Waals surface area contributed by atoms with Gasteiger partial charge in [0.15, 0.2) is 5.78 Å². The van der Waals surface area contributed by atoms with Crippen LogP contribution in [0, 0.1) is 11.3 Å². The maximum absolute atomic E-state index is 12.4. The summed E-state index contributed by atoms with van der Waals surface area (Å²) >= 11 is 17.3. The molecule has 0 aliphatic carbocycles. The third kappa shape index (κ3) is 2.61. The van der Waals surface area contributed by atoms with Crippen molar-refractivity contribution >= 4 is 40.6 Å². The summed E-state index contributed by atoms with van der Waals surface area (Å²) in [7, 11) is 0. The van der Waals surface area contributed by atoms with E-state index in [1.165, 1.54) is 0 Å². The fourth-order valence-corrected chi connectivity index (χ4v) is 2.19. The SMILES string of the molecule is N#Cc1c(O)[nH]c(C(Cl)(Cl)Cl)c1C(=O)c1ccccc1.